The second-order valence-corrected chi connectivity index (χ2v) is 11.3. The summed E-state index contributed by atoms with van der Waals surface area (Å²) >= 11 is 0. The summed E-state index contributed by atoms with van der Waals surface area (Å²) in [7, 11) is 3.09. The third-order valence-electron chi connectivity index (χ3n) is 8.67. The highest BCUT2D eigenvalue weighted by molar-refractivity contribution is 6.24. The van der Waals surface area contributed by atoms with E-state index in [2.05, 4.69) is 10.2 Å². The highest BCUT2D eigenvalue weighted by atomic mass is 16.3. The Balaban J connectivity index is 1.50. The van der Waals surface area contributed by atoms with Crippen molar-refractivity contribution in [3.8, 4) is 5.75 Å². The number of fused-ring (bicyclic) bond motifs is 3. The first-order valence-electron chi connectivity index (χ1n) is 13.4. The molecule has 214 valence electrons. The number of benzene rings is 1. The number of hydrogen-bond donors (Lipinski definition) is 6. The maximum absolute atomic E-state index is 13.8. The zero-order valence-corrected chi connectivity index (χ0v) is 22.4. The lowest BCUT2D eigenvalue weighted by molar-refractivity contribution is -0.153. The Hall–Kier alpha value is -3.74. The van der Waals surface area contributed by atoms with Gasteiger partial charge in [-0.1, -0.05) is 0 Å². The summed E-state index contributed by atoms with van der Waals surface area (Å²) in [5.41, 5.74) is 2.37. The summed E-state index contributed by atoms with van der Waals surface area (Å²) in [6.07, 6.45) is 2.67. The maximum atomic E-state index is 13.8. The Morgan fingerprint density at radius 1 is 1.15 bits per heavy atom. The standard InChI is InChI=1S/C28H34N4O8/c1-31(2)22-16-11-14-9-13-10-15(30-18(34)5-8-32-6-3-4-7-32)12-17(33)19(13)23(35)20(14)25(37)28(16,40)26(38)21(24(22)36)27(29)39/h10,12,14,16,22,33,35,38,40H,3-9,11H2,1-2H3,(H2,29,39)(H,30,34)/t14-,16-,22-,28-/m0/s1. The quantitative estimate of drug-likeness (QED) is 0.268. The summed E-state index contributed by atoms with van der Waals surface area (Å²) < 4.78 is 0. The molecular weight excluding hydrogens is 520 g/mol. The van der Waals surface area contributed by atoms with Crippen LogP contribution in [-0.4, -0.2) is 99.0 Å². The first-order valence-corrected chi connectivity index (χ1v) is 13.4. The van der Waals surface area contributed by atoms with Crippen molar-refractivity contribution < 1.29 is 39.6 Å². The highest BCUT2D eigenvalue weighted by Crippen LogP contribution is 2.52. The molecule has 7 N–H and O–H groups in total. The van der Waals surface area contributed by atoms with E-state index in [0.29, 0.717) is 17.8 Å². The number of nitrogens with one attached hydrogen (secondary N) is 1. The fraction of sp³-hybridized carbons (Fsp3) is 0.500. The van der Waals surface area contributed by atoms with Crippen molar-refractivity contribution in [3.63, 3.8) is 0 Å². The van der Waals surface area contributed by atoms with Crippen LogP contribution >= 0.6 is 0 Å². The first-order chi connectivity index (χ1) is 18.9. The van der Waals surface area contributed by atoms with Crippen molar-refractivity contribution in [2.45, 2.75) is 43.7 Å². The van der Waals surface area contributed by atoms with Crippen LogP contribution in [0.2, 0.25) is 0 Å². The van der Waals surface area contributed by atoms with E-state index in [9.17, 15) is 39.6 Å². The molecule has 40 heavy (non-hydrogen) atoms. The van der Waals surface area contributed by atoms with Crippen molar-refractivity contribution in [1.29, 1.82) is 0 Å². The summed E-state index contributed by atoms with van der Waals surface area (Å²) in [5, 5.41) is 47.3. The monoisotopic (exact) mass is 554 g/mol. The fourth-order valence-corrected chi connectivity index (χ4v) is 6.83. The number of likely N-dealkylation sites (tertiary alicyclic amines) is 1. The number of likely N-dealkylation sites (N-methyl/N-ethyl adjacent to an activating group) is 1. The van der Waals surface area contributed by atoms with Gasteiger partial charge >= 0.3 is 0 Å². The van der Waals surface area contributed by atoms with Gasteiger partial charge in [0.2, 0.25) is 11.7 Å². The fourth-order valence-electron chi connectivity index (χ4n) is 6.83. The van der Waals surface area contributed by atoms with Crippen LogP contribution in [0.15, 0.2) is 29.0 Å². The number of carbonyl (C=O) groups is 4. The number of aromatic hydroxyl groups is 1. The van der Waals surface area contributed by atoms with Gasteiger partial charge in [0.1, 0.15) is 22.8 Å². The van der Waals surface area contributed by atoms with E-state index in [4.69, 9.17) is 5.73 Å². The molecule has 2 amide bonds. The number of anilines is 1. The topological polar surface area (TPSA) is 194 Å². The van der Waals surface area contributed by atoms with E-state index >= 15 is 0 Å². The molecule has 1 aromatic rings. The van der Waals surface area contributed by atoms with E-state index in [0.717, 1.165) is 25.9 Å². The molecule has 0 unspecified atom stereocenters. The molecule has 5 rings (SSSR count). The third kappa shape index (κ3) is 4.27. The number of aliphatic hydroxyl groups excluding tert-OH is 2. The summed E-state index contributed by atoms with van der Waals surface area (Å²) in [6, 6.07) is 1.75. The Kier molecular flexibility index (Phi) is 6.97. The van der Waals surface area contributed by atoms with Crippen LogP contribution in [0.4, 0.5) is 5.69 Å². The van der Waals surface area contributed by atoms with E-state index < -0.39 is 58.0 Å². The number of aliphatic hydroxyl groups is 3. The molecule has 1 aromatic carbocycles. The molecule has 1 heterocycles. The zero-order valence-electron chi connectivity index (χ0n) is 22.4. The molecular formula is C28H34N4O8. The number of hydrogen-bond acceptors (Lipinski definition) is 10. The molecule has 12 nitrogen and oxygen atoms in total. The van der Waals surface area contributed by atoms with Crippen LogP contribution in [0.25, 0.3) is 5.76 Å². The predicted molar refractivity (Wildman–Crippen MR) is 143 cm³/mol. The molecule has 4 aliphatic rings. The SMILES string of the molecule is CN(C)[C@@H]1C(=O)C(C(N)=O)=C(O)[C@@]2(O)C(=O)C3=C(O)c4c(O)cc(NC(=O)CCN5CCCC5)cc4C[C@H]3C[C@@H]12. The van der Waals surface area contributed by atoms with Gasteiger partial charge < -0.3 is 36.4 Å². The summed E-state index contributed by atoms with van der Waals surface area (Å²) in [6.45, 7) is 2.57. The van der Waals surface area contributed by atoms with Crippen LogP contribution in [-0.2, 0) is 25.6 Å². The molecule has 1 saturated heterocycles. The van der Waals surface area contributed by atoms with Gasteiger partial charge in [-0.15, -0.1) is 0 Å². The first kappa shape index (κ1) is 27.8. The largest absolute Gasteiger partial charge is 0.508 e. The number of nitrogens with zero attached hydrogens (tertiary/aromatic N) is 2. The smallest absolute Gasteiger partial charge is 0.255 e. The third-order valence-corrected chi connectivity index (χ3v) is 8.67. The maximum Gasteiger partial charge on any atom is 0.255 e. The van der Waals surface area contributed by atoms with Gasteiger partial charge in [0.25, 0.3) is 5.91 Å². The average molecular weight is 555 g/mol. The molecule has 12 heteroatoms. The van der Waals surface area contributed by atoms with Crippen molar-refractivity contribution in [2.75, 3.05) is 39.0 Å². The average Bonchev–Trinajstić information content (AvgIpc) is 3.38. The van der Waals surface area contributed by atoms with Crippen LogP contribution in [0, 0.1) is 11.8 Å². The van der Waals surface area contributed by atoms with Crippen LogP contribution in [0.5, 0.6) is 5.75 Å². The number of phenols is 1. The minimum atomic E-state index is -2.68. The van der Waals surface area contributed by atoms with Gasteiger partial charge in [0.15, 0.2) is 11.4 Å². The Morgan fingerprint density at radius 2 is 1.82 bits per heavy atom. The number of phenolic OH excluding ortho intramolecular Hbond substituents is 1. The second-order valence-electron chi connectivity index (χ2n) is 11.3. The molecule has 2 fully saturated rings. The van der Waals surface area contributed by atoms with Gasteiger partial charge in [-0.2, -0.15) is 0 Å². The van der Waals surface area contributed by atoms with Crippen LogP contribution in [0.3, 0.4) is 0 Å². The lowest BCUT2D eigenvalue weighted by atomic mass is 9.57. The van der Waals surface area contributed by atoms with E-state index in [1.54, 1.807) is 20.2 Å². The van der Waals surface area contributed by atoms with Gasteiger partial charge in [0, 0.05) is 36.2 Å². The number of primary amides is 1. The van der Waals surface area contributed by atoms with Crippen molar-refractivity contribution in [1.82, 2.24) is 9.80 Å². The minimum absolute atomic E-state index is 0.00105. The molecule has 4 atom stereocenters. The number of rotatable bonds is 6. The van der Waals surface area contributed by atoms with E-state index in [-0.39, 0.29) is 42.1 Å². The van der Waals surface area contributed by atoms with Crippen molar-refractivity contribution in [2.24, 2.45) is 17.6 Å². The zero-order chi connectivity index (χ0) is 29.1. The number of Topliss-reactive ketones (excluding diaryl/α,β-unsaturated/α-hetero) is 2. The normalized spacial score (nSPS) is 28.4. The molecule has 0 spiro atoms. The molecule has 1 saturated carbocycles. The number of amides is 2. The number of nitrogens with two attached hydrogens (primary N) is 1. The Labute approximate surface area is 230 Å². The van der Waals surface area contributed by atoms with Gasteiger partial charge in [-0.25, -0.2) is 0 Å². The highest BCUT2D eigenvalue weighted by Gasteiger charge is 2.64. The van der Waals surface area contributed by atoms with Crippen molar-refractivity contribution >= 4 is 34.8 Å². The van der Waals surface area contributed by atoms with Gasteiger partial charge in [0.05, 0.1) is 11.6 Å². The molecule has 0 bridgehead atoms. The lowest BCUT2D eigenvalue weighted by Crippen LogP contribution is -2.65. The Bertz CT molecular complexity index is 1380. The predicted octanol–water partition coefficient (Wildman–Crippen LogP) is 0.388. The second kappa shape index (κ2) is 10.0. The molecule has 0 aromatic heterocycles. The van der Waals surface area contributed by atoms with Crippen LogP contribution < -0.4 is 11.1 Å². The Morgan fingerprint density at radius 3 is 2.45 bits per heavy atom. The number of ketones is 2. The summed E-state index contributed by atoms with van der Waals surface area (Å²) in [4.78, 5) is 55.2. The summed E-state index contributed by atoms with van der Waals surface area (Å²) in [5.74, 6) is -7.26. The number of carbonyl (C=O) groups excluding carboxylic acids is 4. The minimum Gasteiger partial charge on any atom is -0.508 e. The van der Waals surface area contributed by atoms with Gasteiger partial charge in [-0.05, 0) is 70.4 Å². The van der Waals surface area contributed by atoms with Crippen LogP contribution in [0.1, 0.15) is 36.8 Å². The van der Waals surface area contributed by atoms with E-state index in [1.807, 2.05) is 0 Å². The van der Waals surface area contributed by atoms with Gasteiger partial charge in [-0.3, -0.25) is 24.1 Å². The molecule has 1 aliphatic heterocycles. The van der Waals surface area contributed by atoms with E-state index in [1.165, 1.54) is 11.0 Å². The lowest BCUT2D eigenvalue weighted by Gasteiger charge is -2.50. The molecule has 3 aliphatic carbocycles. The molecule has 0 radical (unpaired) electrons. The van der Waals surface area contributed by atoms with Crippen molar-refractivity contribution in [3.05, 3.63) is 40.2 Å².